The van der Waals surface area contributed by atoms with Crippen LogP contribution in [0, 0.1) is 325 Å². The molecule has 0 aromatic carbocycles. The zero-order valence-corrected chi connectivity index (χ0v) is 102. The zero-order chi connectivity index (χ0) is 108. The van der Waals surface area contributed by atoms with Crippen molar-refractivity contribution in [1.29, 1.82) is 0 Å². The van der Waals surface area contributed by atoms with Crippen LogP contribution in [0.25, 0.3) is 0 Å². The molecule has 0 radical (unpaired) electrons. The van der Waals surface area contributed by atoms with Crippen molar-refractivity contribution < 1.29 is 61.3 Å². The molecule has 824 valence electrons. The van der Waals surface area contributed by atoms with Crippen LogP contribution in [-0.2, 0) is 0 Å². The van der Waals surface area contributed by atoms with Gasteiger partial charge in [-0.2, -0.15) is 0 Å². The van der Waals surface area contributed by atoms with Crippen LogP contribution in [-0.4, -0.2) is 135 Å². The van der Waals surface area contributed by atoms with Crippen molar-refractivity contribution in [2.75, 3.05) is 6.61 Å². The van der Waals surface area contributed by atoms with Gasteiger partial charge in [0, 0.05) is 71.7 Å². The van der Waals surface area contributed by atoms with Gasteiger partial charge >= 0.3 is 0 Å². The van der Waals surface area contributed by atoms with Gasteiger partial charge in [-0.1, -0.05) is 394 Å². The lowest BCUT2D eigenvalue weighted by Gasteiger charge is -2.47. The fourth-order valence-corrected chi connectivity index (χ4v) is 28.5. The molecule has 66 unspecified atom stereocenters. The average Bonchev–Trinajstić information content (AvgIpc) is 0.787. The Balaban J connectivity index is 6.05. The summed E-state index contributed by atoms with van der Waals surface area (Å²) >= 11 is 0. The first kappa shape index (κ1) is 137. The number of hydrogen-bond acceptors (Lipinski definition) is 12. The Morgan fingerprint density at radius 3 is 0.350 bits per heavy atom. The van der Waals surface area contributed by atoms with Gasteiger partial charge in [0.05, 0.1) is 66.6 Å². The van der Waals surface area contributed by atoms with Crippen molar-refractivity contribution >= 4 is 0 Å². The first-order chi connectivity index (χ1) is 62.3. The molecule has 0 aromatic heterocycles. The van der Waals surface area contributed by atoms with E-state index in [1.165, 1.54) is 6.42 Å². The monoisotopic (exact) mass is 1950 g/mol. The first-order valence-electron chi connectivity index (χ1n) is 58.5. The molecule has 137 heavy (non-hydrogen) atoms. The van der Waals surface area contributed by atoms with Crippen molar-refractivity contribution in [2.24, 2.45) is 325 Å². The molecule has 66 atom stereocenters. The molecule has 0 spiro atoms. The molecule has 0 aromatic rings. The molecule has 0 heterocycles. The van der Waals surface area contributed by atoms with Crippen LogP contribution in [0.3, 0.4) is 0 Å². The Labute approximate surface area is 856 Å². The third-order valence-electron chi connectivity index (χ3n) is 49.3. The van der Waals surface area contributed by atoms with E-state index in [2.05, 4.69) is 312 Å². The van der Waals surface area contributed by atoms with Crippen LogP contribution in [0.1, 0.15) is 401 Å². The molecule has 0 rings (SSSR count). The highest BCUT2D eigenvalue weighted by atomic mass is 16.3. The van der Waals surface area contributed by atoms with Crippen molar-refractivity contribution in [1.82, 2.24) is 0 Å². The fourth-order valence-electron chi connectivity index (χ4n) is 28.5. The molecule has 0 fully saturated rings. The largest absolute Gasteiger partial charge is 0.396 e. The van der Waals surface area contributed by atoms with Gasteiger partial charge in [-0.3, -0.25) is 0 Å². The number of aliphatic hydroxyl groups excluding tert-OH is 11. The number of aliphatic hydroxyl groups is 12. The first-order valence-corrected chi connectivity index (χ1v) is 58.5. The van der Waals surface area contributed by atoms with Crippen LogP contribution in [0.15, 0.2) is 0 Å². The summed E-state index contributed by atoms with van der Waals surface area (Å²) in [5.74, 6) is 17.0. The maximum Gasteiger partial charge on any atom is 0.0697 e. The number of hydrogen-bond donors (Lipinski definition) is 12. The summed E-state index contributed by atoms with van der Waals surface area (Å²) in [4.78, 5) is 0. The van der Waals surface area contributed by atoms with E-state index in [1.807, 2.05) is 13.8 Å². The van der Waals surface area contributed by atoms with Crippen molar-refractivity contribution in [3.05, 3.63) is 0 Å². The summed E-state index contributed by atoms with van der Waals surface area (Å²) in [6.45, 7) is 134. The maximum atomic E-state index is 12.6. The van der Waals surface area contributed by atoms with Crippen LogP contribution in [0.5, 0.6) is 0 Å². The van der Waals surface area contributed by atoms with Crippen molar-refractivity contribution in [2.45, 2.75) is 468 Å². The zero-order valence-electron chi connectivity index (χ0n) is 102. The molecule has 12 nitrogen and oxygen atoms in total. The SMILES string of the molecule is CCC(C)C(C)C(C)C(C)C(C)C(C)C(C)C(C)C(C)C(C)C(C)C(C)C(C)C(C)C(C)C(C)C(C)C(C)C(C)C(C)C(C)C(C)C(C)C(C)C(C)C(C)C(C)C(C)C(C)C(C)C(C)C(C)C(C)C(C)C(C)C(C)C(C)C(C)C(C)C(C)C(C)C(C)C(C)C(C)C(C)(O)C(C)C(O)C(C)C(O)C(C)C(O)C(C)C(O)C(C)C(O)C(C)C(O)C(C)C(O)C(C)C(O)C(C)C(O)C(C)C(O)C(C)CO. The van der Waals surface area contributed by atoms with E-state index in [0.717, 1.165) is 23.7 Å². The van der Waals surface area contributed by atoms with Crippen LogP contribution >= 0.6 is 0 Å². The third-order valence-corrected chi connectivity index (χ3v) is 49.3. The summed E-state index contributed by atoms with van der Waals surface area (Å²) in [7, 11) is 0. The van der Waals surface area contributed by atoms with E-state index in [1.54, 1.807) is 69.2 Å². The fraction of sp³-hybridized carbons (Fsp3) is 1.00. The summed E-state index contributed by atoms with van der Waals surface area (Å²) in [6.07, 6.45) is -11.0. The standard InChI is InChI=1S/C125H252O12/c1-58-60(2)62(4)63(5)64(6)65(7)66(8)67(9)68(10)69(11)70(12)71(13)72(14)73(15)74(16)75(17)76(18)77(19)78(20)79(21)80(22)81(23)82(24)83(25)84(26)85(27)86(28)87(29)88(30)89(31)90(32)91(33)92(34)93(35)94(36)95(37)96(38)97(39)98(40)99(41)100(42)101(43)102(44)103(45)113(55)125(57,137)114(56)124(136)112(54)123(135)111(53)122(134)110(52)121(133)109(51)120(132)108(50)119(131)107(49)118(130)106(48)117(129)105(47)116(128)104(46)115(127)61(3)59-126/h60-124,126-137H,58-59H2,1-57H3. The van der Waals surface area contributed by atoms with E-state index in [4.69, 9.17) is 0 Å². The molecule has 0 saturated carbocycles. The minimum Gasteiger partial charge on any atom is -0.396 e. The molecule has 0 saturated heterocycles. The second kappa shape index (κ2) is 59.8. The minimum atomic E-state index is -1.34. The summed E-state index contributed by atoms with van der Waals surface area (Å²) in [5, 5.41) is 138. The van der Waals surface area contributed by atoms with Gasteiger partial charge in [0.2, 0.25) is 0 Å². The molecule has 0 aliphatic heterocycles. The van der Waals surface area contributed by atoms with Crippen molar-refractivity contribution in [3.63, 3.8) is 0 Å². The summed E-state index contributed by atoms with van der Waals surface area (Å²) < 4.78 is 0. The van der Waals surface area contributed by atoms with Gasteiger partial charge in [-0.05, 0) is 267 Å². The van der Waals surface area contributed by atoms with E-state index in [9.17, 15) is 61.3 Å². The minimum absolute atomic E-state index is 0.0762. The van der Waals surface area contributed by atoms with Gasteiger partial charge < -0.3 is 61.3 Å². The maximum absolute atomic E-state index is 12.6. The third kappa shape index (κ3) is 33.8. The molecule has 0 bridgehead atoms. The lowest BCUT2D eigenvalue weighted by atomic mass is 9.60. The quantitative estimate of drug-likeness (QED) is 0.0272. The summed E-state index contributed by atoms with van der Waals surface area (Å²) in [5.41, 5.74) is -1.34. The van der Waals surface area contributed by atoms with E-state index < -0.39 is 132 Å². The Hall–Kier alpha value is -0.480. The molecular formula is C125H252O12. The van der Waals surface area contributed by atoms with Crippen molar-refractivity contribution in [3.8, 4) is 0 Å². The molecular weight excluding hydrogens is 1690 g/mol. The highest BCUT2D eigenvalue weighted by molar-refractivity contribution is 5.00. The average molecular weight is 1950 g/mol. The Bertz CT molecular complexity index is 3170. The van der Waals surface area contributed by atoms with Gasteiger partial charge in [0.25, 0.3) is 0 Å². The second-order valence-electron chi connectivity index (χ2n) is 54.1. The molecule has 0 aliphatic rings. The van der Waals surface area contributed by atoms with Gasteiger partial charge in [0.15, 0.2) is 0 Å². The van der Waals surface area contributed by atoms with E-state index in [0.29, 0.717) is 219 Å². The van der Waals surface area contributed by atoms with Gasteiger partial charge in [-0.25, -0.2) is 0 Å². The number of rotatable bonds is 67. The topological polar surface area (TPSA) is 243 Å². The Morgan fingerprint density at radius 2 is 0.234 bits per heavy atom. The summed E-state index contributed by atoms with van der Waals surface area (Å²) in [6, 6.07) is 0. The van der Waals surface area contributed by atoms with Gasteiger partial charge in [-0.15, -0.1) is 0 Å². The molecule has 0 aliphatic carbocycles. The van der Waals surface area contributed by atoms with E-state index in [-0.39, 0.29) is 24.4 Å². The van der Waals surface area contributed by atoms with Crippen LogP contribution in [0.4, 0.5) is 0 Å². The van der Waals surface area contributed by atoms with E-state index >= 15 is 0 Å². The molecule has 12 N–H and O–H groups in total. The molecule has 12 heteroatoms. The molecule has 0 amide bonds. The van der Waals surface area contributed by atoms with Gasteiger partial charge in [0.1, 0.15) is 0 Å². The lowest BCUT2D eigenvalue weighted by molar-refractivity contribution is -0.141. The predicted octanol–water partition coefficient (Wildman–Crippen LogP) is 28.7. The highest BCUT2D eigenvalue weighted by Gasteiger charge is 2.51. The van der Waals surface area contributed by atoms with Crippen LogP contribution < -0.4 is 0 Å². The second-order valence-corrected chi connectivity index (χ2v) is 54.1. The smallest absolute Gasteiger partial charge is 0.0697 e. The highest BCUT2D eigenvalue weighted by Crippen LogP contribution is 2.53. The van der Waals surface area contributed by atoms with Crippen LogP contribution in [0.2, 0.25) is 0 Å². The Kier molecular flexibility index (Phi) is 59.6. The normalized spacial score (nSPS) is 28.0. The lowest BCUT2D eigenvalue weighted by Crippen LogP contribution is -2.53. The predicted molar refractivity (Wildman–Crippen MR) is 592 cm³/mol. The Morgan fingerprint density at radius 1 is 0.131 bits per heavy atom.